The third kappa shape index (κ3) is 5.05. The van der Waals surface area contributed by atoms with Gasteiger partial charge in [-0.2, -0.15) is 0 Å². The number of carbonyl (C=O) groups excluding carboxylic acids is 3. The number of hydrogen-bond acceptors (Lipinski definition) is 3. The molecule has 1 unspecified atom stereocenters. The summed E-state index contributed by atoms with van der Waals surface area (Å²) in [5.74, 6) is -0.140. The first-order chi connectivity index (χ1) is 15.1. The van der Waals surface area contributed by atoms with Gasteiger partial charge in [-0.15, -0.1) is 0 Å². The number of nitrogens with zero attached hydrogens (tertiary/aromatic N) is 3. The summed E-state index contributed by atoms with van der Waals surface area (Å²) in [4.78, 5) is 43.6. The second-order valence-corrected chi connectivity index (χ2v) is 8.05. The van der Waals surface area contributed by atoms with E-state index in [1.807, 2.05) is 60.7 Å². The van der Waals surface area contributed by atoms with Gasteiger partial charge in [0.05, 0.1) is 6.54 Å². The monoisotopic (exact) mass is 420 g/mol. The van der Waals surface area contributed by atoms with Crippen molar-refractivity contribution in [1.29, 1.82) is 0 Å². The number of hydrogen-bond donors (Lipinski definition) is 1. The number of nitrogens with one attached hydrogen (secondary N) is 1. The van der Waals surface area contributed by atoms with Gasteiger partial charge in [0.15, 0.2) is 0 Å². The van der Waals surface area contributed by atoms with Crippen molar-refractivity contribution in [3.8, 4) is 0 Å². The standard InChI is InChI=1S/C24H28N4O3/c29-22-18-27(16-20-10-5-2-6-11-20)23(30)21-17-26(14-7-15-28(21)22)24(31)25-13-12-19-8-3-1-4-9-19/h1-6,8-11,21H,7,12-18H2,(H,25,31). The number of amides is 4. The maximum atomic E-state index is 13.2. The van der Waals surface area contributed by atoms with Gasteiger partial charge in [0.1, 0.15) is 12.6 Å². The second kappa shape index (κ2) is 9.64. The summed E-state index contributed by atoms with van der Waals surface area (Å²) in [7, 11) is 0. The van der Waals surface area contributed by atoms with Crippen molar-refractivity contribution in [3.05, 3.63) is 71.8 Å². The Morgan fingerprint density at radius 2 is 1.61 bits per heavy atom. The number of rotatable bonds is 5. The molecule has 4 rings (SSSR count). The molecule has 7 nitrogen and oxygen atoms in total. The van der Waals surface area contributed by atoms with Crippen molar-refractivity contribution in [2.45, 2.75) is 25.4 Å². The molecule has 0 radical (unpaired) electrons. The number of benzene rings is 2. The average Bonchev–Trinajstić information content (AvgIpc) is 3.03. The van der Waals surface area contributed by atoms with Gasteiger partial charge in [0.2, 0.25) is 11.8 Å². The van der Waals surface area contributed by atoms with E-state index in [0.29, 0.717) is 32.6 Å². The van der Waals surface area contributed by atoms with E-state index >= 15 is 0 Å². The summed E-state index contributed by atoms with van der Waals surface area (Å²) in [5, 5.41) is 2.96. The normalized spacial score (nSPS) is 19.1. The first kappa shape index (κ1) is 20.9. The van der Waals surface area contributed by atoms with Crippen LogP contribution in [0, 0.1) is 0 Å². The average molecular weight is 421 g/mol. The van der Waals surface area contributed by atoms with Crippen LogP contribution in [-0.4, -0.2) is 71.3 Å². The zero-order valence-corrected chi connectivity index (χ0v) is 17.6. The molecule has 1 N–H and O–H groups in total. The summed E-state index contributed by atoms with van der Waals surface area (Å²) >= 11 is 0. The molecular weight excluding hydrogens is 392 g/mol. The zero-order chi connectivity index (χ0) is 21.6. The lowest BCUT2D eigenvalue weighted by Gasteiger charge is -2.40. The predicted molar refractivity (Wildman–Crippen MR) is 117 cm³/mol. The maximum absolute atomic E-state index is 13.2. The second-order valence-electron chi connectivity index (χ2n) is 8.05. The van der Waals surface area contributed by atoms with Crippen molar-refractivity contribution in [2.24, 2.45) is 0 Å². The van der Waals surface area contributed by atoms with Crippen molar-refractivity contribution in [1.82, 2.24) is 20.0 Å². The fourth-order valence-electron chi connectivity index (χ4n) is 4.23. The number of urea groups is 1. The maximum Gasteiger partial charge on any atom is 0.317 e. The first-order valence-corrected chi connectivity index (χ1v) is 10.8. The molecule has 0 saturated carbocycles. The Morgan fingerprint density at radius 3 is 2.32 bits per heavy atom. The van der Waals surface area contributed by atoms with Crippen molar-refractivity contribution in [3.63, 3.8) is 0 Å². The van der Waals surface area contributed by atoms with Crippen LogP contribution in [0.5, 0.6) is 0 Å². The topological polar surface area (TPSA) is 73.0 Å². The van der Waals surface area contributed by atoms with E-state index in [2.05, 4.69) is 5.32 Å². The minimum absolute atomic E-state index is 0.0492. The van der Waals surface area contributed by atoms with Crippen molar-refractivity contribution in [2.75, 3.05) is 32.7 Å². The molecule has 0 bridgehead atoms. The lowest BCUT2D eigenvalue weighted by molar-refractivity contribution is -0.156. The van der Waals surface area contributed by atoms with Crippen molar-refractivity contribution < 1.29 is 14.4 Å². The lowest BCUT2D eigenvalue weighted by Crippen LogP contribution is -2.62. The molecule has 0 aromatic heterocycles. The Labute approximate surface area is 182 Å². The minimum Gasteiger partial charge on any atom is -0.338 e. The molecule has 31 heavy (non-hydrogen) atoms. The van der Waals surface area contributed by atoms with Gasteiger partial charge in [-0.3, -0.25) is 9.59 Å². The molecule has 4 amide bonds. The molecule has 0 spiro atoms. The van der Waals surface area contributed by atoms with Gasteiger partial charge in [-0.05, 0) is 24.0 Å². The Hall–Kier alpha value is -3.35. The quantitative estimate of drug-likeness (QED) is 0.803. The van der Waals surface area contributed by atoms with Crippen LogP contribution in [0.3, 0.4) is 0 Å². The molecule has 1 atom stereocenters. The van der Waals surface area contributed by atoms with E-state index in [0.717, 1.165) is 17.5 Å². The van der Waals surface area contributed by atoms with E-state index in [1.165, 1.54) is 0 Å². The molecule has 2 aliphatic heterocycles. The Balaban J connectivity index is 1.38. The predicted octanol–water partition coefficient (Wildman–Crippen LogP) is 1.88. The Kier molecular flexibility index (Phi) is 6.50. The highest BCUT2D eigenvalue weighted by Gasteiger charge is 2.41. The van der Waals surface area contributed by atoms with Crippen LogP contribution < -0.4 is 5.32 Å². The van der Waals surface area contributed by atoms with Crippen LogP contribution in [0.2, 0.25) is 0 Å². The minimum atomic E-state index is -0.618. The van der Waals surface area contributed by atoms with Crippen LogP contribution in [-0.2, 0) is 22.6 Å². The number of carbonyl (C=O) groups is 3. The Bertz CT molecular complexity index is 919. The number of fused-ring (bicyclic) bond motifs is 1. The van der Waals surface area contributed by atoms with E-state index in [1.54, 1.807) is 14.7 Å². The van der Waals surface area contributed by atoms with Crippen LogP contribution in [0.25, 0.3) is 0 Å². The van der Waals surface area contributed by atoms with E-state index in [-0.39, 0.29) is 30.9 Å². The van der Waals surface area contributed by atoms with Crippen LogP contribution in [0.15, 0.2) is 60.7 Å². The largest absolute Gasteiger partial charge is 0.338 e. The highest BCUT2D eigenvalue weighted by molar-refractivity contribution is 5.95. The summed E-state index contributed by atoms with van der Waals surface area (Å²) in [5.41, 5.74) is 2.15. The molecule has 2 saturated heterocycles. The third-order valence-electron chi connectivity index (χ3n) is 5.88. The van der Waals surface area contributed by atoms with Gasteiger partial charge in [-0.25, -0.2) is 4.79 Å². The van der Waals surface area contributed by atoms with Gasteiger partial charge in [0.25, 0.3) is 0 Å². The van der Waals surface area contributed by atoms with Crippen LogP contribution >= 0.6 is 0 Å². The van der Waals surface area contributed by atoms with E-state index in [9.17, 15) is 14.4 Å². The van der Waals surface area contributed by atoms with E-state index < -0.39 is 6.04 Å². The fourth-order valence-corrected chi connectivity index (χ4v) is 4.23. The Morgan fingerprint density at radius 1 is 0.935 bits per heavy atom. The smallest absolute Gasteiger partial charge is 0.317 e. The number of piperazine rings is 1. The first-order valence-electron chi connectivity index (χ1n) is 10.8. The van der Waals surface area contributed by atoms with Gasteiger partial charge in [0, 0.05) is 26.2 Å². The van der Waals surface area contributed by atoms with Crippen LogP contribution in [0.1, 0.15) is 17.5 Å². The highest BCUT2D eigenvalue weighted by atomic mass is 16.2. The summed E-state index contributed by atoms with van der Waals surface area (Å²) in [6, 6.07) is 18.9. The SMILES string of the molecule is O=C(NCCc1ccccc1)N1CCCN2C(=O)CN(Cc3ccccc3)C(=O)C2C1. The van der Waals surface area contributed by atoms with Gasteiger partial charge in [-0.1, -0.05) is 60.7 Å². The third-order valence-corrected chi connectivity index (χ3v) is 5.88. The van der Waals surface area contributed by atoms with Gasteiger partial charge < -0.3 is 20.0 Å². The fraction of sp³-hybridized carbons (Fsp3) is 0.375. The van der Waals surface area contributed by atoms with Gasteiger partial charge >= 0.3 is 6.03 Å². The molecule has 162 valence electrons. The zero-order valence-electron chi connectivity index (χ0n) is 17.6. The summed E-state index contributed by atoms with van der Waals surface area (Å²) < 4.78 is 0. The summed E-state index contributed by atoms with van der Waals surface area (Å²) in [6.07, 6.45) is 1.42. The molecule has 2 fully saturated rings. The molecule has 0 aliphatic carbocycles. The summed E-state index contributed by atoms with van der Waals surface area (Å²) in [6.45, 7) is 2.28. The molecule has 2 aliphatic rings. The van der Waals surface area contributed by atoms with E-state index in [4.69, 9.17) is 0 Å². The molecule has 2 aromatic rings. The lowest BCUT2D eigenvalue weighted by atomic mass is 10.1. The highest BCUT2D eigenvalue weighted by Crippen LogP contribution is 2.20. The molecular formula is C24H28N4O3. The molecule has 7 heteroatoms. The van der Waals surface area contributed by atoms with Crippen molar-refractivity contribution >= 4 is 17.8 Å². The van der Waals surface area contributed by atoms with Crippen LogP contribution in [0.4, 0.5) is 4.79 Å². The molecule has 2 heterocycles. The molecule has 2 aromatic carbocycles.